The normalized spacial score (nSPS) is 11.3. The maximum absolute atomic E-state index is 5.06. The zero-order valence-corrected chi connectivity index (χ0v) is 39.1. The quantitative estimate of drug-likeness (QED) is 0.108. The molecule has 0 spiro atoms. The van der Waals surface area contributed by atoms with Gasteiger partial charge in [0.2, 0.25) is 0 Å². The smallest absolute Gasteiger partial charge is 0.0715 e. The third-order valence-corrected chi connectivity index (χ3v) is 12.7. The van der Waals surface area contributed by atoms with Crippen LogP contribution in [-0.4, -0.2) is 9.97 Å². The van der Waals surface area contributed by atoms with Crippen LogP contribution < -0.4 is 4.90 Å². The lowest BCUT2D eigenvalue weighted by molar-refractivity contribution is 1.28. The van der Waals surface area contributed by atoms with Crippen molar-refractivity contribution in [2.75, 3.05) is 4.90 Å². The molecule has 0 aliphatic heterocycles. The summed E-state index contributed by atoms with van der Waals surface area (Å²) in [5, 5.41) is 0. The van der Waals surface area contributed by atoms with Crippen LogP contribution in [0.25, 0.3) is 91.6 Å². The van der Waals surface area contributed by atoms with Crippen molar-refractivity contribution in [3.05, 3.63) is 295 Å². The molecule has 0 bridgehead atoms. The van der Waals surface area contributed by atoms with Gasteiger partial charge in [-0.2, -0.15) is 0 Å². The highest BCUT2D eigenvalue weighted by molar-refractivity contribution is 5.82. The number of para-hydroxylation sites is 1. The van der Waals surface area contributed by atoms with E-state index in [0.717, 1.165) is 107 Å². The first-order valence-corrected chi connectivity index (χ1v) is 24.0. The number of rotatable bonds is 13. The summed E-state index contributed by atoms with van der Waals surface area (Å²) in [6.07, 6.45) is 8.71. The molecule has 0 radical (unpaired) electrons. The first-order valence-electron chi connectivity index (χ1n) is 24.0. The molecule has 71 heavy (non-hydrogen) atoms. The van der Waals surface area contributed by atoms with Crippen LogP contribution in [0, 0.1) is 0 Å². The van der Waals surface area contributed by atoms with E-state index < -0.39 is 0 Å². The van der Waals surface area contributed by atoms with E-state index in [9.17, 15) is 0 Å². The predicted molar refractivity (Wildman–Crippen MR) is 300 cm³/mol. The Morgan fingerprint density at radius 1 is 0.211 bits per heavy atom. The highest BCUT2D eigenvalue weighted by atomic mass is 15.1. The Kier molecular flexibility index (Phi) is 12.9. The minimum absolute atomic E-state index is 0.960. The van der Waals surface area contributed by atoms with Gasteiger partial charge in [-0.1, -0.05) is 237 Å². The van der Waals surface area contributed by atoms with Crippen LogP contribution in [0.5, 0.6) is 0 Å². The Morgan fingerprint density at radius 2 is 0.451 bits per heavy atom. The minimum atomic E-state index is 0.960. The fourth-order valence-corrected chi connectivity index (χ4v) is 8.87. The zero-order valence-electron chi connectivity index (χ0n) is 39.1. The van der Waals surface area contributed by atoms with Crippen molar-refractivity contribution in [2.45, 2.75) is 0 Å². The molecule has 0 fully saturated rings. The number of nitrogens with zero attached hydrogens (tertiary/aromatic N) is 3. The second-order valence-corrected chi connectivity index (χ2v) is 17.5. The summed E-state index contributed by atoms with van der Waals surface area (Å²) in [5.41, 5.74) is 20.6. The Hall–Kier alpha value is -9.44. The highest BCUT2D eigenvalue weighted by Crippen LogP contribution is 2.36. The van der Waals surface area contributed by atoms with Gasteiger partial charge >= 0.3 is 0 Å². The van der Waals surface area contributed by atoms with E-state index in [1.165, 1.54) is 0 Å². The Balaban J connectivity index is 0.784. The molecule has 0 aliphatic carbocycles. The van der Waals surface area contributed by atoms with Crippen molar-refractivity contribution in [1.29, 1.82) is 0 Å². The second kappa shape index (κ2) is 20.8. The molecule has 3 nitrogen and oxygen atoms in total. The van der Waals surface area contributed by atoms with E-state index in [0.29, 0.717) is 0 Å². The molecule has 11 aromatic rings. The van der Waals surface area contributed by atoms with E-state index in [-0.39, 0.29) is 0 Å². The van der Waals surface area contributed by atoms with Crippen LogP contribution in [-0.2, 0) is 0 Å². The highest BCUT2D eigenvalue weighted by Gasteiger charge is 2.14. The lowest BCUT2D eigenvalue weighted by atomic mass is 9.99. The summed E-state index contributed by atoms with van der Waals surface area (Å²) in [4.78, 5) is 12.4. The van der Waals surface area contributed by atoms with Crippen LogP contribution in [0.15, 0.2) is 273 Å². The van der Waals surface area contributed by atoms with Gasteiger partial charge in [0.05, 0.1) is 22.8 Å². The molecule has 9 aromatic carbocycles. The van der Waals surface area contributed by atoms with Crippen LogP contribution in [0.3, 0.4) is 0 Å². The summed E-state index contributed by atoms with van der Waals surface area (Å²) in [5.74, 6) is 0. The van der Waals surface area contributed by atoms with Gasteiger partial charge in [-0.25, -0.2) is 9.97 Å². The minimum Gasteiger partial charge on any atom is -0.311 e. The average molecular weight is 908 g/mol. The molecular weight excluding hydrogens is 859 g/mol. The summed E-state index contributed by atoms with van der Waals surface area (Å²) in [6.45, 7) is 0. The molecule has 2 aromatic heterocycles. The lowest BCUT2D eigenvalue weighted by Crippen LogP contribution is -2.09. The number of aromatic nitrogens is 2. The van der Waals surface area contributed by atoms with Crippen molar-refractivity contribution in [1.82, 2.24) is 9.97 Å². The predicted octanol–water partition coefficient (Wildman–Crippen LogP) is 18.3. The molecule has 0 saturated heterocycles. The van der Waals surface area contributed by atoms with Gasteiger partial charge in [0.25, 0.3) is 0 Å². The topological polar surface area (TPSA) is 29.0 Å². The molecule has 0 N–H and O–H groups in total. The van der Waals surface area contributed by atoms with Gasteiger partial charge in [-0.3, -0.25) is 0 Å². The third kappa shape index (κ3) is 10.5. The SMILES string of the molecule is C(=C\c1ccc(N(c2ccccc2)c2ccc(/C=C/c3ccc(-c4cc(-c5ccccc5)nc(-c5ccccc5)c4)cc3)cc2)cc1)/c1ccc(-c2cc(-c3ccccc3)nc(-c3ccccc3)c2)cc1. The molecule has 0 aliphatic rings. The number of pyridine rings is 2. The standard InChI is InChI=1S/C68H49N3/c1-6-16-56(17-7-1)65-46-60(47-66(69-65)57-18-8-2-9-19-57)54-38-30-50(31-39-54)26-28-52-34-42-63(43-35-52)71(62-24-14-5-15-25-62)64-44-36-53(37-45-64)29-27-51-32-40-55(41-33-51)61-48-67(58-20-10-3-11-21-58)70-68(49-61)59-22-12-4-13-23-59/h1-49H/b28-26+,29-27+. The molecule has 2 heterocycles. The Labute approximate surface area is 416 Å². The summed E-state index contributed by atoms with van der Waals surface area (Å²) >= 11 is 0. The fourth-order valence-electron chi connectivity index (χ4n) is 8.87. The van der Waals surface area contributed by atoms with Gasteiger partial charge in [0, 0.05) is 39.3 Å². The molecule has 0 unspecified atom stereocenters. The number of hydrogen-bond acceptors (Lipinski definition) is 3. The van der Waals surface area contributed by atoms with Crippen molar-refractivity contribution < 1.29 is 0 Å². The molecule has 0 amide bonds. The molecule has 0 atom stereocenters. The van der Waals surface area contributed by atoms with Gasteiger partial charge < -0.3 is 4.90 Å². The first kappa shape index (κ1) is 44.1. The van der Waals surface area contributed by atoms with Crippen LogP contribution >= 0.6 is 0 Å². The van der Waals surface area contributed by atoms with Crippen molar-refractivity contribution in [2.24, 2.45) is 0 Å². The maximum atomic E-state index is 5.06. The number of anilines is 3. The van der Waals surface area contributed by atoms with Crippen molar-refractivity contribution in [3.8, 4) is 67.3 Å². The maximum Gasteiger partial charge on any atom is 0.0715 e. The molecular formula is C68H49N3. The molecule has 0 saturated carbocycles. The fraction of sp³-hybridized carbons (Fsp3) is 0. The van der Waals surface area contributed by atoms with Gasteiger partial charge in [-0.15, -0.1) is 0 Å². The second-order valence-electron chi connectivity index (χ2n) is 17.5. The number of benzene rings is 9. The zero-order chi connectivity index (χ0) is 47.6. The lowest BCUT2D eigenvalue weighted by Gasteiger charge is -2.25. The van der Waals surface area contributed by atoms with E-state index >= 15 is 0 Å². The van der Waals surface area contributed by atoms with E-state index in [1.54, 1.807) is 0 Å². The van der Waals surface area contributed by atoms with Crippen molar-refractivity contribution in [3.63, 3.8) is 0 Å². The monoisotopic (exact) mass is 907 g/mol. The van der Waals surface area contributed by atoms with Crippen molar-refractivity contribution >= 4 is 41.4 Å². The Bertz CT molecular complexity index is 3210. The molecule has 11 rings (SSSR count). The summed E-state index contributed by atoms with van der Waals surface area (Å²) < 4.78 is 0. The summed E-state index contributed by atoms with van der Waals surface area (Å²) in [7, 11) is 0. The van der Waals surface area contributed by atoms with E-state index in [1.807, 2.05) is 24.3 Å². The van der Waals surface area contributed by atoms with Crippen LogP contribution in [0.4, 0.5) is 17.1 Å². The van der Waals surface area contributed by atoms with Gasteiger partial charge in [-0.05, 0) is 105 Å². The largest absolute Gasteiger partial charge is 0.311 e. The summed E-state index contributed by atoms with van der Waals surface area (Å²) in [6, 6.07) is 95.9. The Morgan fingerprint density at radius 3 is 0.732 bits per heavy atom. The molecule has 3 heteroatoms. The van der Waals surface area contributed by atoms with E-state index in [2.05, 4.69) is 278 Å². The van der Waals surface area contributed by atoms with Crippen LogP contribution in [0.1, 0.15) is 22.3 Å². The van der Waals surface area contributed by atoms with Gasteiger partial charge in [0.1, 0.15) is 0 Å². The average Bonchev–Trinajstić information content (AvgIpc) is 3.46. The van der Waals surface area contributed by atoms with Gasteiger partial charge in [0.15, 0.2) is 0 Å². The molecule has 336 valence electrons. The van der Waals surface area contributed by atoms with E-state index in [4.69, 9.17) is 9.97 Å². The third-order valence-electron chi connectivity index (χ3n) is 12.7. The van der Waals surface area contributed by atoms with Crippen LogP contribution in [0.2, 0.25) is 0 Å². The first-order chi connectivity index (χ1) is 35.1. The number of hydrogen-bond donors (Lipinski definition) is 0.